The Hall–Kier alpha value is -2.70. The molecule has 7 heteroatoms. The molecule has 0 saturated heterocycles. The molecule has 1 aliphatic heterocycles. The van der Waals surface area contributed by atoms with Crippen LogP contribution in [0.3, 0.4) is 0 Å². The Morgan fingerprint density at radius 1 is 1.19 bits per heavy atom. The van der Waals surface area contributed by atoms with Crippen molar-refractivity contribution in [1.29, 1.82) is 0 Å². The third-order valence-electron chi connectivity index (χ3n) is 3.08. The SMILES string of the molecule is CC(=O)O[C@@H](CCN1C(=O)c2ccccc2C1=O)C(=O)O. The molecule has 0 aliphatic carbocycles. The molecule has 1 heterocycles. The molecule has 1 N–H and O–H groups in total. The average Bonchev–Trinajstić information content (AvgIpc) is 2.67. The molecule has 1 aromatic carbocycles. The average molecular weight is 291 g/mol. The first kappa shape index (κ1) is 14.7. The van der Waals surface area contributed by atoms with Crippen molar-refractivity contribution in [3.05, 3.63) is 35.4 Å². The van der Waals surface area contributed by atoms with Gasteiger partial charge in [-0.05, 0) is 12.1 Å². The number of rotatable bonds is 5. The number of amides is 2. The summed E-state index contributed by atoms with van der Waals surface area (Å²) in [4.78, 5) is 46.9. The lowest BCUT2D eigenvalue weighted by atomic mass is 10.1. The number of aliphatic carboxylic acids is 1. The second-order valence-corrected chi connectivity index (χ2v) is 4.53. The van der Waals surface area contributed by atoms with Crippen LogP contribution in [0.5, 0.6) is 0 Å². The summed E-state index contributed by atoms with van der Waals surface area (Å²) in [7, 11) is 0. The molecule has 7 nitrogen and oxygen atoms in total. The molecule has 1 aromatic rings. The van der Waals surface area contributed by atoms with Gasteiger partial charge in [-0.15, -0.1) is 0 Å². The molecule has 0 radical (unpaired) electrons. The number of imide groups is 1. The highest BCUT2D eigenvalue weighted by atomic mass is 16.6. The van der Waals surface area contributed by atoms with Crippen molar-refractivity contribution in [2.24, 2.45) is 0 Å². The van der Waals surface area contributed by atoms with Gasteiger partial charge in [0.1, 0.15) is 0 Å². The van der Waals surface area contributed by atoms with Crippen molar-refractivity contribution in [3.8, 4) is 0 Å². The first-order valence-corrected chi connectivity index (χ1v) is 6.27. The van der Waals surface area contributed by atoms with E-state index in [1.165, 1.54) is 12.1 Å². The highest BCUT2D eigenvalue weighted by Crippen LogP contribution is 2.22. The van der Waals surface area contributed by atoms with Crippen LogP contribution in [-0.2, 0) is 14.3 Å². The minimum absolute atomic E-state index is 0.128. The first-order valence-electron chi connectivity index (χ1n) is 6.27. The zero-order chi connectivity index (χ0) is 15.6. The molecule has 21 heavy (non-hydrogen) atoms. The van der Waals surface area contributed by atoms with Crippen LogP contribution >= 0.6 is 0 Å². The molecule has 2 rings (SSSR count). The maximum atomic E-state index is 12.1. The van der Waals surface area contributed by atoms with Crippen LogP contribution in [0.15, 0.2) is 24.3 Å². The fourth-order valence-corrected chi connectivity index (χ4v) is 2.12. The maximum Gasteiger partial charge on any atom is 0.345 e. The fourth-order valence-electron chi connectivity index (χ4n) is 2.12. The van der Waals surface area contributed by atoms with Crippen molar-refractivity contribution in [2.45, 2.75) is 19.4 Å². The highest BCUT2D eigenvalue weighted by molar-refractivity contribution is 6.21. The monoisotopic (exact) mass is 291 g/mol. The Morgan fingerprint density at radius 3 is 2.14 bits per heavy atom. The number of carboxylic acid groups (broad SMARTS) is 1. The van der Waals surface area contributed by atoms with E-state index in [2.05, 4.69) is 4.74 Å². The van der Waals surface area contributed by atoms with Gasteiger partial charge in [0.25, 0.3) is 11.8 Å². The molecule has 0 unspecified atom stereocenters. The molecule has 0 saturated carbocycles. The number of carbonyl (C=O) groups excluding carboxylic acids is 3. The van der Waals surface area contributed by atoms with Gasteiger partial charge >= 0.3 is 11.9 Å². The predicted octanol–water partition coefficient (Wildman–Crippen LogP) is 0.689. The molecular weight excluding hydrogens is 278 g/mol. The van der Waals surface area contributed by atoms with Crippen molar-refractivity contribution < 1.29 is 29.0 Å². The van der Waals surface area contributed by atoms with Gasteiger partial charge < -0.3 is 9.84 Å². The van der Waals surface area contributed by atoms with E-state index >= 15 is 0 Å². The third kappa shape index (κ3) is 2.91. The van der Waals surface area contributed by atoms with Crippen LogP contribution in [-0.4, -0.2) is 46.4 Å². The zero-order valence-electron chi connectivity index (χ0n) is 11.2. The van der Waals surface area contributed by atoms with Gasteiger partial charge in [-0.2, -0.15) is 0 Å². The third-order valence-corrected chi connectivity index (χ3v) is 3.08. The van der Waals surface area contributed by atoms with Crippen LogP contribution in [0.25, 0.3) is 0 Å². The maximum absolute atomic E-state index is 12.1. The molecule has 110 valence electrons. The molecular formula is C14H13NO6. The normalized spacial score (nSPS) is 14.8. The summed E-state index contributed by atoms with van der Waals surface area (Å²) in [5.41, 5.74) is 0.587. The summed E-state index contributed by atoms with van der Waals surface area (Å²) in [5, 5.41) is 8.94. The molecule has 2 amide bonds. The Labute approximate surface area is 120 Å². The van der Waals surface area contributed by atoms with E-state index in [0.29, 0.717) is 11.1 Å². The van der Waals surface area contributed by atoms with E-state index in [-0.39, 0.29) is 13.0 Å². The summed E-state index contributed by atoms with van der Waals surface area (Å²) in [6.07, 6.45) is -1.53. The predicted molar refractivity (Wildman–Crippen MR) is 69.6 cm³/mol. The number of ether oxygens (including phenoxy) is 1. The molecule has 0 aromatic heterocycles. The Balaban J connectivity index is 2.08. The van der Waals surface area contributed by atoms with E-state index in [0.717, 1.165) is 11.8 Å². The molecule has 1 atom stereocenters. The minimum Gasteiger partial charge on any atom is -0.479 e. The first-order chi connectivity index (χ1) is 9.91. The topological polar surface area (TPSA) is 101 Å². The number of fused-ring (bicyclic) bond motifs is 1. The molecule has 0 fully saturated rings. The zero-order valence-corrected chi connectivity index (χ0v) is 11.2. The van der Waals surface area contributed by atoms with Crippen LogP contribution in [0, 0.1) is 0 Å². The van der Waals surface area contributed by atoms with Crippen LogP contribution in [0.2, 0.25) is 0 Å². The van der Waals surface area contributed by atoms with Gasteiger partial charge in [-0.1, -0.05) is 12.1 Å². The van der Waals surface area contributed by atoms with Crippen LogP contribution in [0.4, 0.5) is 0 Å². The van der Waals surface area contributed by atoms with Crippen molar-refractivity contribution >= 4 is 23.8 Å². The largest absolute Gasteiger partial charge is 0.479 e. The number of esters is 1. The lowest BCUT2D eigenvalue weighted by Gasteiger charge is -2.17. The van der Waals surface area contributed by atoms with E-state index < -0.39 is 29.9 Å². The summed E-state index contributed by atoms with van der Waals surface area (Å²) in [6.45, 7) is 0.967. The Morgan fingerprint density at radius 2 is 1.71 bits per heavy atom. The number of carboxylic acids is 1. The number of benzene rings is 1. The van der Waals surface area contributed by atoms with E-state index in [1.807, 2.05) is 0 Å². The van der Waals surface area contributed by atoms with Gasteiger partial charge in [-0.3, -0.25) is 19.3 Å². The van der Waals surface area contributed by atoms with Gasteiger partial charge in [0.15, 0.2) is 6.10 Å². The minimum atomic E-state index is -1.38. The van der Waals surface area contributed by atoms with E-state index in [4.69, 9.17) is 5.11 Å². The lowest BCUT2D eigenvalue weighted by molar-refractivity contribution is -0.163. The van der Waals surface area contributed by atoms with Gasteiger partial charge in [0.2, 0.25) is 0 Å². The highest BCUT2D eigenvalue weighted by Gasteiger charge is 2.36. The second-order valence-electron chi connectivity index (χ2n) is 4.53. The number of hydrogen-bond donors (Lipinski definition) is 1. The van der Waals surface area contributed by atoms with Crippen molar-refractivity contribution in [2.75, 3.05) is 6.54 Å². The summed E-state index contributed by atoms with van der Waals surface area (Å²) >= 11 is 0. The number of carbonyl (C=O) groups is 4. The van der Waals surface area contributed by atoms with Gasteiger partial charge in [-0.25, -0.2) is 4.79 Å². The van der Waals surface area contributed by atoms with Crippen LogP contribution < -0.4 is 0 Å². The van der Waals surface area contributed by atoms with Gasteiger partial charge in [0.05, 0.1) is 11.1 Å². The molecule has 0 bridgehead atoms. The van der Waals surface area contributed by atoms with Gasteiger partial charge in [0, 0.05) is 19.9 Å². The van der Waals surface area contributed by atoms with Crippen molar-refractivity contribution in [3.63, 3.8) is 0 Å². The fraction of sp³-hybridized carbons (Fsp3) is 0.286. The Bertz CT molecular complexity index is 589. The molecule has 1 aliphatic rings. The second kappa shape index (κ2) is 5.74. The quantitative estimate of drug-likeness (QED) is 0.632. The number of hydrogen-bond acceptors (Lipinski definition) is 5. The summed E-state index contributed by atoms with van der Waals surface area (Å²) in [5.74, 6) is -2.99. The van der Waals surface area contributed by atoms with Crippen LogP contribution in [0.1, 0.15) is 34.1 Å². The van der Waals surface area contributed by atoms with Crippen molar-refractivity contribution in [1.82, 2.24) is 4.90 Å². The standard InChI is InChI=1S/C14H13NO6/c1-8(16)21-11(14(19)20)6-7-15-12(17)9-4-2-3-5-10(9)13(15)18/h2-5,11H,6-7H2,1H3,(H,19,20)/t11-/m0/s1. The van der Waals surface area contributed by atoms with E-state index in [9.17, 15) is 19.2 Å². The summed E-state index contributed by atoms with van der Waals surface area (Å²) < 4.78 is 4.63. The summed E-state index contributed by atoms with van der Waals surface area (Å²) in [6, 6.07) is 6.37. The molecule has 0 spiro atoms. The lowest BCUT2D eigenvalue weighted by Crippen LogP contribution is -2.35. The Kier molecular flexibility index (Phi) is 4.02. The van der Waals surface area contributed by atoms with E-state index in [1.54, 1.807) is 12.1 Å². The smallest absolute Gasteiger partial charge is 0.345 e. The number of nitrogens with zero attached hydrogens (tertiary/aromatic N) is 1.